The number of benzene rings is 1. The largest absolute Gasteiger partial charge is 0.439 e. The van der Waals surface area contributed by atoms with Gasteiger partial charge in [0.25, 0.3) is 5.69 Å². The van der Waals surface area contributed by atoms with Gasteiger partial charge in [-0.2, -0.15) is 0 Å². The van der Waals surface area contributed by atoms with Crippen LogP contribution in [0.5, 0.6) is 0 Å². The highest BCUT2D eigenvalue weighted by atomic mass is 16.6. The summed E-state index contributed by atoms with van der Waals surface area (Å²) in [5, 5.41) is 10.7. The van der Waals surface area contributed by atoms with E-state index in [2.05, 4.69) is 9.88 Å². The Morgan fingerprint density at radius 1 is 1.37 bits per heavy atom. The van der Waals surface area contributed by atoms with Gasteiger partial charge in [0.1, 0.15) is 5.52 Å². The summed E-state index contributed by atoms with van der Waals surface area (Å²) >= 11 is 0. The molecule has 0 saturated carbocycles. The molecular formula is C12H13N3O4. The first-order chi connectivity index (χ1) is 9.22. The van der Waals surface area contributed by atoms with Crippen LogP contribution in [-0.2, 0) is 11.3 Å². The van der Waals surface area contributed by atoms with Gasteiger partial charge in [-0.1, -0.05) is 0 Å². The molecule has 19 heavy (non-hydrogen) atoms. The van der Waals surface area contributed by atoms with E-state index in [0.717, 1.165) is 13.1 Å². The molecule has 0 aliphatic carbocycles. The van der Waals surface area contributed by atoms with Crippen LogP contribution in [-0.4, -0.2) is 41.1 Å². The van der Waals surface area contributed by atoms with Gasteiger partial charge in [-0.25, -0.2) is 4.98 Å². The van der Waals surface area contributed by atoms with Crippen molar-refractivity contribution in [2.24, 2.45) is 0 Å². The highest BCUT2D eigenvalue weighted by Crippen LogP contribution is 2.22. The van der Waals surface area contributed by atoms with Crippen molar-refractivity contribution in [1.82, 2.24) is 9.88 Å². The van der Waals surface area contributed by atoms with Crippen molar-refractivity contribution in [1.29, 1.82) is 0 Å². The van der Waals surface area contributed by atoms with E-state index in [1.54, 1.807) is 6.07 Å². The monoisotopic (exact) mass is 263 g/mol. The van der Waals surface area contributed by atoms with Gasteiger partial charge < -0.3 is 9.15 Å². The number of ether oxygens (including phenoxy) is 1. The molecule has 7 heteroatoms. The number of nitrogens with zero attached hydrogens (tertiary/aromatic N) is 3. The van der Waals surface area contributed by atoms with Crippen LogP contribution < -0.4 is 0 Å². The Bertz CT molecular complexity index is 604. The van der Waals surface area contributed by atoms with Gasteiger partial charge in [0, 0.05) is 25.2 Å². The molecule has 0 radical (unpaired) electrons. The van der Waals surface area contributed by atoms with Crippen molar-refractivity contribution in [2.75, 3.05) is 26.3 Å². The lowest BCUT2D eigenvalue weighted by atomic mass is 10.3. The van der Waals surface area contributed by atoms with Gasteiger partial charge in [-0.3, -0.25) is 15.0 Å². The van der Waals surface area contributed by atoms with Crippen LogP contribution in [0.1, 0.15) is 5.89 Å². The lowest BCUT2D eigenvalue weighted by molar-refractivity contribution is -0.384. The van der Waals surface area contributed by atoms with Crippen molar-refractivity contribution < 1.29 is 14.1 Å². The number of nitro groups is 1. The van der Waals surface area contributed by atoms with E-state index < -0.39 is 4.92 Å². The number of aromatic nitrogens is 1. The summed E-state index contributed by atoms with van der Waals surface area (Å²) in [4.78, 5) is 16.7. The fraction of sp³-hybridized carbons (Fsp3) is 0.417. The Labute approximate surface area is 108 Å². The molecule has 3 rings (SSSR count). The summed E-state index contributed by atoms with van der Waals surface area (Å²) in [7, 11) is 0. The molecule has 0 unspecified atom stereocenters. The maximum absolute atomic E-state index is 10.7. The number of non-ortho nitro benzene ring substituents is 1. The van der Waals surface area contributed by atoms with Crippen LogP contribution in [0, 0.1) is 10.1 Å². The third kappa shape index (κ3) is 2.56. The molecule has 100 valence electrons. The molecule has 1 aromatic heterocycles. The summed E-state index contributed by atoms with van der Waals surface area (Å²) in [5.74, 6) is 0.581. The van der Waals surface area contributed by atoms with E-state index in [1.807, 2.05) is 0 Å². The van der Waals surface area contributed by atoms with Gasteiger partial charge in [0.05, 0.1) is 24.7 Å². The van der Waals surface area contributed by atoms with Crippen LogP contribution in [0.15, 0.2) is 22.6 Å². The molecule has 2 aromatic rings. The maximum atomic E-state index is 10.7. The van der Waals surface area contributed by atoms with Gasteiger partial charge in [0.15, 0.2) is 5.58 Å². The van der Waals surface area contributed by atoms with Crippen molar-refractivity contribution in [3.8, 4) is 0 Å². The quantitative estimate of drug-likeness (QED) is 0.617. The third-order valence-electron chi connectivity index (χ3n) is 3.09. The minimum absolute atomic E-state index is 0.0266. The smallest absolute Gasteiger partial charge is 0.271 e. The number of fused-ring (bicyclic) bond motifs is 1. The Hall–Kier alpha value is -1.99. The molecule has 0 spiro atoms. The SMILES string of the molecule is O=[N+]([O-])c1ccc2oc(CN3CCOCC3)nc2c1. The van der Waals surface area contributed by atoms with Gasteiger partial charge in [0.2, 0.25) is 5.89 Å². The number of morpholine rings is 1. The molecule has 0 bridgehead atoms. The minimum atomic E-state index is -0.435. The first-order valence-electron chi connectivity index (χ1n) is 6.06. The number of rotatable bonds is 3. The molecule has 0 N–H and O–H groups in total. The average Bonchev–Trinajstić information content (AvgIpc) is 2.80. The Morgan fingerprint density at radius 3 is 2.89 bits per heavy atom. The lowest BCUT2D eigenvalue weighted by Crippen LogP contribution is -2.35. The van der Waals surface area contributed by atoms with Crippen LogP contribution in [0.25, 0.3) is 11.1 Å². The fourth-order valence-electron chi connectivity index (χ4n) is 2.10. The molecule has 1 fully saturated rings. The summed E-state index contributed by atoms with van der Waals surface area (Å²) < 4.78 is 10.9. The molecular weight excluding hydrogens is 250 g/mol. The molecule has 1 saturated heterocycles. The second-order valence-electron chi connectivity index (χ2n) is 4.41. The van der Waals surface area contributed by atoms with Crippen LogP contribution in [0.2, 0.25) is 0 Å². The predicted octanol–water partition coefficient (Wildman–Crippen LogP) is 1.57. The van der Waals surface area contributed by atoms with Crippen molar-refractivity contribution >= 4 is 16.8 Å². The number of oxazole rings is 1. The van der Waals surface area contributed by atoms with E-state index >= 15 is 0 Å². The molecule has 1 aliphatic heterocycles. The molecule has 1 aromatic carbocycles. The normalized spacial score (nSPS) is 16.8. The molecule has 0 amide bonds. The number of hydrogen-bond donors (Lipinski definition) is 0. The van der Waals surface area contributed by atoms with Gasteiger partial charge >= 0.3 is 0 Å². The topological polar surface area (TPSA) is 81.6 Å². The molecule has 0 atom stereocenters. The van der Waals surface area contributed by atoms with Crippen molar-refractivity contribution in [3.05, 3.63) is 34.2 Å². The average molecular weight is 263 g/mol. The van der Waals surface area contributed by atoms with E-state index in [9.17, 15) is 10.1 Å². The van der Waals surface area contributed by atoms with Gasteiger partial charge in [-0.05, 0) is 6.07 Å². The molecule has 1 aliphatic rings. The summed E-state index contributed by atoms with van der Waals surface area (Å²) in [6.45, 7) is 3.72. The summed E-state index contributed by atoms with van der Waals surface area (Å²) in [6.07, 6.45) is 0. The van der Waals surface area contributed by atoms with Crippen LogP contribution in [0.4, 0.5) is 5.69 Å². The summed E-state index contributed by atoms with van der Waals surface area (Å²) in [6, 6.07) is 4.44. The Morgan fingerprint density at radius 2 is 2.16 bits per heavy atom. The predicted molar refractivity (Wildman–Crippen MR) is 66.8 cm³/mol. The second-order valence-corrected chi connectivity index (χ2v) is 4.41. The van der Waals surface area contributed by atoms with Gasteiger partial charge in [-0.15, -0.1) is 0 Å². The van der Waals surface area contributed by atoms with E-state index in [-0.39, 0.29) is 5.69 Å². The van der Waals surface area contributed by atoms with Crippen LogP contribution >= 0.6 is 0 Å². The van der Waals surface area contributed by atoms with E-state index in [0.29, 0.717) is 36.7 Å². The van der Waals surface area contributed by atoms with Crippen molar-refractivity contribution in [2.45, 2.75) is 6.54 Å². The third-order valence-corrected chi connectivity index (χ3v) is 3.09. The zero-order chi connectivity index (χ0) is 13.2. The standard InChI is InChI=1S/C12H13N3O4/c16-15(17)9-1-2-11-10(7-9)13-12(19-11)8-14-3-5-18-6-4-14/h1-2,7H,3-6,8H2. The van der Waals surface area contributed by atoms with Crippen molar-refractivity contribution in [3.63, 3.8) is 0 Å². The minimum Gasteiger partial charge on any atom is -0.439 e. The Kier molecular flexibility index (Phi) is 3.14. The molecule has 7 nitrogen and oxygen atoms in total. The van der Waals surface area contributed by atoms with E-state index in [1.165, 1.54) is 12.1 Å². The zero-order valence-corrected chi connectivity index (χ0v) is 10.2. The Balaban J connectivity index is 1.82. The van der Waals surface area contributed by atoms with Crippen LogP contribution in [0.3, 0.4) is 0 Å². The maximum Gasteiger partial charge on any atom is 0.271 e. The molecule has 2 heterocycles. The number of hydrogen-bond acceptors (Lipinski definition) is 6. The first-order valence-corrected chi connectivity index (χ1v) is 6.06. The summed E-state index contributed by atoms with van der Waals surface area (Å²) in [5.41, 5.74) is 1.13. The highest BCUT2D eigenvalue weighted by molar-refractivity contribution is 5.75. The first kappa shape index (κ1) is 12.1. The number of nitro benzene ring substituents is 1. The lowest BCUT2D eigenvalue weighted by Gasteiger charge is -2.24. The fourth-order valence-corrected chi connectivity index (χ4v) is 2.10. The highest BCUT2D eigenvalue weighted by Gasteiger charge is 2.16. The zero-order valence-electron chi connectivity index (χ0n) is 10.2. The van der Waals surface area contributed by atoms with E-state index in [4.69, 9.17) is 9.15 Å². The second kappa shape index (κ2) is 4.94.